The summed E-state index contributed by atoms with van der Waals surface area (Å²) in [6.45, 7) is 8.37. The number of amides is 1. The van der Waals surface area contributed by atoms with E-state index in [2.05, 4.69) is 5.32 Å². The Balaban J connectivity index is 2.53. The number of allylic oxidation sites excluding steroid dienone is 1. The number of likely N-dealkylation sites (N-methyl/N-ethyl adjacent to an activating group) is 1. The second-order valence-electron chi connectivity index (χ2n) is 5.92. The summed E-state index contributed by atoms with van der Waals surface area (Å²) in [6, 6.07) is 9.43. The quantitative estimate of drug-likeness (QED) is 0.665. The summed E-state index contributed by atoms with van der Waals surface area (Å²) in [7, 11) is 0. The van der Waals surface area contributed by atoms with Gasteiger partial charge in [-0.25, -0.2) is 0 Å². The van der Waals surface area contributed by atoms with Gasteiger partial charge in [0.15, 0.2) is 5.78 Å². The Morgan fingerprint density at radius 1 is 1.22 bits per heavy atom. The van der Waals surface area contributed by atoms with Gasteiger partial charge in [0.1, 0.15) is 10.4 Å². The second-order valence-corrected chi connectivity index (χ2v) is 6.49. The van der Waals surface area contributed by atoms with Crippen molar-refractivity contribution >= 4 is 23.3 Å². The molecule has 1 aromatic carbocycles. The fourth-order valence-corrected chi connectivity index (χ4v) is 3.48. The molecule has 1 aromatic rings. The van der Waals surface area contributed by atoms with Crippen molar-refractivity contribution in [3.8, 4) is 0 Å². The van der Waals surface area contributed by atoms with E-state index in [0.29, 0.717) is 18.8 Å². The number of benzene rings is 1. The molecule has 1 fully saturated rings. The number of halogens is 1. The molecule has 1 N–H and O–H groups in total. The van der Waals surface area contributed by atoms with Crippen molar-refractivity contribution in [3.63, 3.8) is 0 Å². The first-order valence-electron chi connectivity index (χ1n) is 7.86. The number of alkyl halides is 1. The molecule has 1 aliphatic rings. The summed E-state index contributed by atoms with van der Waals surface area (Å²) >= 11 is 6.97. The fraction of sp³-hybridized carbons (Fsp3) is 0.444. The molecular weight excluding hydrogens is 312 g/mol. The number of rotatable bonds is 5. The van der Waals surface area contributed by atoms with Crippen molar-refractivity contribution in [2.24, 2.45) is 0 Å². The molecule has 1 aliphatic heterocycles. The van der Waals surface area contributed by atoms with Crippen LogP contribution in [0.15, 0.2) is 42.1 Å². The Hall–Kier alpha value is -1.81. The number of nitrogens with zero attached hydrogens (tertiary/aromatic N) is 1. The van der Waals surface area contributed by atoms with Crippen LogP contribution in [0.25, 0.3) is 0 Å². The minimum Gasteiger partial charge on any atom is -0.371 e. The first kappa shape index (κ1) is 17.5. The van der Waals surface area contributed by atoms with Crippen LogP contribution in [0.3, 0.4) is 0 Å². The third kappa shape index (κ3) is 2.65. The maximum Gasteiger partial charge on any atom is 0.250 e. The van der Waals surface area contributed by atoms with E-state index >= 15 is 0 Å². The van der Waals surface area contributed by atoms with Gasteiger partial charge >= 0.3 is 0 Å². The molecule has 2 atom stereocenters. The SMILES string of the molecule is CCN(CC)C(=O)[C@]1(C)N/C(=C\C(C)=O)[C@]1(Cl)c1ccccc1. The topological polar surface area (TPSA) is 49.4 Å². The lowest BCUT2D eigenvalue weighted by Gasteiger charge is -2.57. The number of carbonyl (C=O) groups is 2. The Bertz CT molecular complexity index is 640. The average Bonchev–Trinajstić information content (AvgIpc) is 2.54. The highest BCUT2D eigenvalue weighted by Gasteiger charge is 2.65. The monoisotopic (exact) mass is 334 g/mol. The van der Waals surface area contributed by atoms with E-state index in [1.807, 2.05) is 44.2 Å². The highest BCUT2D eigenvalue weighted by molar-refractivity contribution is 6.31. The van der Waals surface area contributed by atoms with Gasteiger partial charge in [0.05, 0.1) is 0 Å². The largest absolute Gasteiger partial charge is 0.371 e. The molecule has 1 heterocycles. The molecular formula is C18H23ClN2O2. The Morgan fingerprint density at radius 3 is 2.26 bits per heavy atom. The number of hydrogen-bond acceptors (Lipinski definition) is 3. The van der Waals surface area contributed by atoms with Crippen molar-refractivity contribution in [1.29, 1.82) is 0 Å². The average molecular weight is 335 g/mol. The summed E-state index contributed by atoms with van der Waals surface area (Å²) in [5.41, 5.74) is 0.375. The summed E-state index contributed by atoms with van der Waals surface area (Å²) < 4.78 is 0. The molecule has 5 heteroatoms. The van der Waals surface area contributed by atoms with Crippen LogP contribution in [0, 0.1) is 0 Å². The van der Waals surface area contributed by atoms with Crippen LogP contribution in [0.2, 0.25) is 0 Å². The second kappa shape index (κ2) is 6.36. The molecule has 124 valence electrons. The van der Waals surface area contributed by atoms with Crippen LogP contribution < -0.4 is 5.32 Å². The molecule has 0 radical (unpaired) electrons. The Morgan fingerprint density at radius 2 is 1.78 bits per heavy atom. The summed E-state index contributed by atoms with van der Waals surface area (Å²) in [5.74, 6) is -0.173. The van der Waals surface area contributed by atoms with Gasteiger partial charge in [0, 0.05) is 24.9 Å². The van der Waals surface area contributed by atoms with Crippen molar-refractivity contribution in [2.45, 2.75) is 38.1 Å². The van der Waals surface area contributed by atoms with Crippen molar-refractivity contribution in [1.82, 2.24) is 10.2 Å². The van der Waals surface area contributed by atoms with Crippen molar-refractivity contribution < 1.29 is 9.59 Å². The number of carbonyl (C=O) groups excluding carboxylic acids is 2. The number of ketones is 1. The van der Waals surface area contributed by atoms with Crippen molar-refractivity contribution in [3.05, 3.63) is 47.7 Å². The number of nitrogens with one attached hydrogen (secondary N) is 1. The minimum atomic E-state index is -1.07. The van der Waals surface area contributed by atoms with Crippen LogP contribution in [-0.2, 0) is 14.5 Å². The molecule has 0 aromatic heterocycles. The zero-order chi connectivity index (χ0) is 17.3. The van der Waals surface area contributed by atoms with E-state index in [1.165, 1.54) is 13.0 Å². The number of hydrogen-bond donors (Lipinski definition) is 1. The van der Waals surface area contributed by atoms with Gasteiger partial charge in [-0.05, 0) is 33.3 Å². The first-order chi connectivity index (χ1) is 10.8. The molecule has 1 amide bonds. The molecule has 4 nitrogen and oxygen atoms in total. The molecule has 0 spiro atoms. The minimum absolute atomic E-state index is 0.0675. The van der Waals surface area contributed by atoms with E-state index in [9.17, 15) is 9.59 Å². The van der Waals surface area contributed by atoms with Crippen LogP contribution in [0.4, 0.5) is 0 Å². The Labute approximate surface area is 142 Å². The molecule has 0 bridgehead atoms. The van der Waals surface area contributed by atoms with E-state index in [-0.39, 0.29) is 11.7 Å². The lowest BCUT2D eigenvalue weighted by Crippen LogP contribution is -2.75. The lowest BCUT2D eigenvalue weighted by molar-refractivity contribution is -0.141. The molecule has 23 heavy (non-hydrogen) atoms. The van der Waals surface area contributed by atoms with Gasteiger partial charge in [-0.3, -0.25) is 9.59 Å². The predicted octanol–water partition coefficient (Wildman–Crippen LogP) is 2.82. The molecule has 0 saturated carbocycles. The highest BCUT2D eigenvalue weighted by atomic mass is 35.5. The molecule has 0 aliphatic carbocycles. The van der Waals surface area contributed by atoms with Gasteiger partial charge in [0.2, 0.25) is 0 Å². The summed E-state index contributed by atoms with van der Waals surface area (Å²) in [4.78, 5) is 25.2. The Kier molecular flexibility index (Phi) is 4.85. The van der Waals surface area contributed by atoms with Crippen LogP contribution >= 0.6 is 11.6 Å². The normalized spacial score (nSPS) is 28.0. The van der Waals surface area contributed by atoms with E-state index < -0.39 is 10.4 Å². The zero-order valence-corrected chi connectivity index (χ0v) is 14.8. The lowest BCUT2D eigenvalue weighted by atomic mass is 9.68. The third-order valence-corrected chi connectivity index (χ3v) is 5.24. The highest BCUT2D eigenvalue weighted by Crippen LogP contribution is 2.53. The third-order valence-electron chi connectivity index (χ3n) is 4.44. The molecule has 2 rings (SSSR count). The summed E-state index contributed by atoms with van der Waals surface area (Å²) in [6.07, 6.45) is 1.47. The van der Waals surface area contributed by atoms with Gasteiger partial charge < -0.3 is 10.2 Å². The maximum absolute atomic E-state index is 13.0. The van der Waals surface area contributed by atoms with Gasteiger partial charge in [-0.1, -0.05) is 30.3 Å². The molecule has 1 saturated heterocycles. The van der Waals surface area contributed by atoms with Crippen LogP contribution in [-0.4, -0.2) is 35.2 Å². The first-order valence-corrected chi connectivity index (χ1v) is 8.23. The predicted molar refractivity (Wildman–Crippen MR) is 92.2 cm³/mol. The zero-order valence-electron chi connectivity index (χ0n) is 14.0. The fourth-order valence-electron chi connectivity index (χ4n) is 3.13. The van der Waals surface area contributed by atoms with E-state index in [0.717, 1.165) is 5.56 Å². The van der Waals surface area contributed by atoms with E-state index in [4.69, 9.17) is 11.6 Å². The summed E-state index contributed by atoms with van der Waals surface area (Å²) in [5, 5.41) is 3.14. The van der Waals surface area contributed by atoms with E-state index in [1.54, 1.807) is 11.8 Å². The van der Waals surface area contributed by atoms with Crippen LogP contribution in [0.1, 0.15) is 33.3 Å². The van der Waals surface area contributed by atoms with Gasteiger partial charge in [0.25, 0.3) is 5.91 Å². The molecule has 0 unspecified atom stereocenters. The maximum atomic E-state index is 13.0. The van der Waals surface area contributed by atoms with Crippen molar-refractivity contribution in [2.75, 3.05) is 13.1 Å². The standard InChI is InChI=1S/C18H23ClN2O2/c1-5-21(6-2)16(23)17(4)18(19,14-10-8-7-9-11-14)15(20-17)12-13(3)22/h7-12,20H,5-6H2,1-4H3/b15-12-/t17-,18+/m0/s1. The smallest absolute Gasteiger partial charge is 0.250 e. The van der Waals surface area contributed by atoms with Gasteiger partial charge in [-0.2, -0.15) is 0 Å². The van der Waals surface area contributed by atoms with Gasteiger partial charge in [-0.15, -0.1) is 11.6 Å². The van der Waals surface area contributed by atoms with Crippen LogP contribution in [0.5, 0.6) is 0 Å².